The molecule has 5 nitrogen and oxygen atoms in total. The van der Waals surface area contributed by atoms with E-state index in [4.69, 9.17) is 5.73 Å². The lowest BCUT2D eigenvalue weighted by atomic mass is 10.2. The highest BCUT2D eigenvalue weighted by atomic mass is 32.2. The second-order valence-electron chi connectivity index (χ2n) is 3.99. The quantitative estimate of drug-likeness (QED) is 0.795. The zero-order valence-electron chi connectivity index (χ0n) is 9.27. The van der Waals surface area contributed by atoms with Crippen LogP contribution in [0.2, 0.25) is 0 Å². The van der Waals surface area contributed by atoms with Crippen molar-refractivity contribution < 1.29 is 4.79 Å². The second-order valence-corrected chi connectivity index (χ2v) is 5.14. The van der Waals surface area contributed by atoms with E-state index in [1.807, 2.05) is 11.8 Å². The Balaban J connectivity index is 1.99. The van der Waals surface area contributed by atoms with Gasteiger partial charge in [0.1, 0.15) is 0 Å². The zero-order valence-corrected chi connectivity index (χ0v) is 10.1. The van der Waals surface area contributed by atoms with Crippen LogP contribution in [0.1, 0.15) is 23.3 Å². The molecule has 1 atom stereocenters. The van der Waals surface area contributed by atoms with Crippen molar-refractivity contribution >= 4 is 23.4 Å². The summed E-state index contributed by atoms with van der Waals surface area (Å²) in [5, 5.41) is 7.02. The van der Waals surface area contributed by atoms with Crippen molar-refractivity contribution in [2.45, 2.75) is 18.9 Å². The van der Waals surface area contributed by atoms with E-state index in [1.165, 1.54) is 5.75 Å². The van der Waals surface area contributed by atoms with Crippen molar-refractivity contribution in [3.05, 3.63) is 11.9 Å². The molecule has 0 radical (unpaired) electrons. The van der Waals surface area contributed by atoms with Crippen LogP contribution < -0.4 is 11.1 Å². The summed E-state index contributed by atoms with van der Waals surface area (Å²) >= 11 is 1.88. The highest BCUT2D eigenvalue weighted by Crippen LogP contribution is 2.17. The molecule has 0 spiro atoms. The van der Waals surface area contributed by atoms with Gasteiger partial charge in [-0.15, -0.1) is 0 Å². The monoisotopic (exact) mass is 240 g/mol. The van der Waals surface area contributed by atoms with E-state index in [1.54, 1.807) is 17.9 Å². The zero-order chi connectivity index (χ0) is 11.5. The van der Waals surface area contributed by atoms with Crippen molar-refractivity contribution in [2.75, 3.05) is 17.2 Å². The van der Waals surface area contributed by atoms with Crippen molar-refractivity contribution in [2.24, 2.45) is 7.05 Å². The van der Waals surface area contributed by atoms with Crippen LogP contribution in [-0.2, 0) is 7.05 Å². The third kappa shape index (κ3) is 2.49. The number of aryl methyl sites for hydroxylation is 1. The van der Waals surface area contributed by atoms with E-state index in [0.717, 1.165) is 18.6 Å². The Labute approximate surface area is 98.8 Å². The molecule has 88 valence electrons. The number of carbonyl (C=O) groups excluding carboxylic acids is 1. The number of carbonyl (C=O) groups is 1. The van der Waals surface area contributed by atoms with E-state index in [-0.39, 0.29) is 11.9 Å². The Hall–Kier alpha value is -1.17. The van der Waals surface area contributed by atoms with Gasteiger partial charge in [-0.25, -0.2) is 0 Å². The van der Waals surface area contributed by atoms with Crippen LogP contribution in [0.5, 0.6) is 0 Å². The van der Waals surface area contributed by atoms with Crippen molar-refractivity contribution in [3.63, 3.8) is 0 Å². The average molecular weight is 240 g/mol. The number of anilines is 1. The third-order valence-electron chi connectivity index (χ3n) is 2.57. The van der Waals surface area contributed by atoms with E-state index >= 15 is 0 Å². The first-order valence-electron chi connectivity index (χ1n) is 5.34. The standard InChI is InChI=1S/C10H16N4OS/c1-14-5-8(11)9(13-14)10(15)12-7-3-2-4-16-6-7/h5,7H,2-4,6,11H2,1H3,(H,12,15). The van der Waals surface area contributed by atoms with E-state index in [2.05, 4.69) is 10.4 Å². The van der Waals surface area contributed by atoms with Gasteiger partial charge >= 0.3 is 0 Å². The van der Waals surface area contributed by atoms with Gasteiger partial charge in [-0.1, -0.05) is 0 Å². The molecule has 3 N–H and O–H groups in total. The molecular weight excluding hydrogens is 224 g/mol. The van der Waals surface area contributed by atoms with Crippen LogP contribution in [0.3, 0.4) is 0 Å². The number of nitrogen functional groups attached to an aromatic ring is 1. The molecule has 16 heavy (non-hydrogen) atoms. The summed E-state index contributed by atoms with van der Waals surface area (Å²) in [4.78, 5) is 11.9. The Morgan fingerprint density at radius 3 is 3.12 bits per heavy atom. The SMILES string of the molecule is Cn1cc(N)c(C(=O)NC2CCCSC2)n1. The maximum Gasteiger partial charge on any atom is 0.274 e. The maximum atomic E-state index is 11.9. The molecule has 1 aromatic rings. The van der Waals surface area contributed by atoms with Gasteiger partial charge in [0.2, 0.25) is 0 Å². The van der Waals surface area contributed by atoms with Crippen molar-refractivity contribution in [3.8, 4) is 0 Å². The molecule has 1 aromatic heterocycles. The Bertz CT molecular complexity index is 384. The molecular formula is C10H16N4OS. The molecule has 0 saturated carbocycles. The smallest absolute Gasteiger partial charge is 0.274 e. The molecule has 1 unspecified atom stereocenters. The molecule has 1 aliphatic rings. The normalized spacial score (nSPS) is 20.7. The molecule has 1 fully saturated rings. The van der Waals surface area contributed by atoms with Crippen LogP contribution in [0, 0.1) is 0 Å². The molecule has 2 heterocycles. The number of amides is 1. The highest BCUT2D eigenvalue weighted by Gasteiger charge is 2.20. The average Bonchev–Trinajstić information content (AvgIpc) is 2.59. The van der Waals surface area contributed by atoms with Crippen LogP contribution in [0.15, 0.2) is 6.20 Å². The van der Waals surface area contributed by atoms with Gasteiger partial charge in [-0.2, -0.15) is 16.9 Å². The van der Waals surface area contributed by atoms with Gasteiger partial charge in [0.05, 0.1) is 5.69 Å². The predicted molar refractivity (Wildman–Crippen MR) is 65.4 cm³/mol. The number of nitrogens with two attached hydrogens (primary N) is 1. The third-order valence-corrected chi connectivity index (χ3v) is 3.78. The fourth-order valence-corrected chi connectivity index (χ4v) is 2.86. The van der Waals surface area contributed by atoms with Gasteiger partial charge in [0.15, 0.2) is 5.69 Å². The summed E-state index contributed by atoms with van der Waals surface area (Å²) in [5.74, 6) is 2.02. The minimum atomic E-state index is -0.161. The Morgan fingerprint density at radius 2 is 2.56 bits per heavy atom. The van der Waals surface area contributed by atoms with Gasteiger partial charge in [-0.3, -0.25) is 9.48 Å². The number of hydrogen-bond donors (Lipinski definition) is 2. The topological polar surface area (TPSA) is 72.9 Å². The van der Waals surface area contributed by atoms with E-state index in [9.17, 15) is 4.79 Å². The van der Waals surface area contributed by atoms with Crippen molar-refractivity contribution in [1.29, 1.82) is 0 Å². The summed E-state index contributed by atoms with van der Waals surface area (Å²) in [5.41, 5.74) is 6.46. The summed E-state index contributed by atoms with van der Waals surface area (Å²) in [7, 11) is 1.75. The highest BCUT2D eigenvalue weighted by molar-refractivity contribution is 7.99. The molecule has 1 saturated heterocycles. The first kappa shape index (κ1) is 11.3. The molecule has 0 aliphatic carbocycles. The summed E-state index contributed by atoms with van der Waals surface area (Å²) in [6, 6.07) is 0.257. The van der Waals surface area contributed by atoms with Crippen LogP contribution in [-0.4, -0.2) is 33.2 Å². The fraction of sp³-hybridized carbons (Fsp3) is 0.600. The minimum Gasteiger partial charge on any atom is -0.396 e. The van der Waals surface area contributed by atoms with Crippen molar-refractivity contribution in [1.82, 2.24) is 15.1 Å². The number of nitrogens with zero attached hydrogens (tertiary/aromatic N) is 2. The fourth-order valence-electron chi connectivity index (χ4n) is 1.79. The second kappa shape index (κ2) is 4.78. The summed E-state index contributed by atoms with van der Waals surface area (Å²) in [6.07, 6.45) is 3.85. The molecule has 2 rings (SSSR count). The lowest BCUT2D eigenvalue weighted by molar-refractivity contribution is 0.0933. The maximum absolute atomic E-state index is 11.9. The van der Waals surface area contributed by atoms with Gasteiger partial charge in [-0.05, 0) is 18.6 Å². The minimum absolute atomic E-state index is 0.161. The summed E-state index contributed by atoms with van der Waals surface area (Å²) < 4.78 is 1.56. The lowest BCUT2D eigenvalue weighted by Gasteiger charge is -2.21. The van der Waals surface area contributed by atoms with Gasteiger partial charge in [0.25, 0.3) is 5.91 Å². The van der Waals surface area contributed by atoms with Gasteiger partial charge < -0.3 is 11.1 Å². The first-order chi connectivity index (χ1) is 7.66. The van der Waals surface area contributed by atoms with Crippen LogP contribution >= 0.6 is 11.8 Å². The van der Waals surface area contributed by atoms with E-state index in [0.29, 0.717) is 11.4 Å². The molecule has 1 aliphatic heterocycles. The largest absolute Gasteiger partial charge is 0.396 e. The number of nitrogens with one attached hydrogen (secondary N) is 1. The summed E-state index contributed by atoms with van der Waals surface area (Å²) in [6.45, 7) is 0. The Kier molecular flexibility index (Phi) is 3.38. The molecule has 6 heteroatoms. The molecule has 0 bridgehead atoms. The number of thioether (sulfide) groups is 1. The lowest BCUT2D eigenvalue weighted by Crippen LogP contribution is -2.38. The predicted octanol–water partition coefficient (Wildman–Crippen LogP) is 0.628. The Morgan fingerprint density at radius 1 is 1.75 bits per heavy atom. The number of aromatic nitrogens is 2. The number of hydrogen-bond acceptors (Lipinski definition) is 4. The van der Waals surface area contributed by atoms with Crippen LogP contribution in [0.25, 0.3) is 0 Å². The van der Waals surface area contributed by atoms with E-state index < -0.39 is 0 Å². The first-order valence-corrected chi connectivity index (χ1v) is 6.50. The van der Waals surface area contributed by atoms with Gasteiger partial charge in [0, 0.05) is 25.0 Å². The molecule has 1 amide bonds. The number of rotatable bonds is 2. The van der Waals surface area contributed by atoms with Crippen LogP contribution in [0.4, 0.5) is 5.69 Å². The molecule has 0 aromatic carbocycles.